The molecule has 6 heteroatoms. The van der Waals surface area contributed by atoms with Gasteiger partial charge in [0.25, 0.3) is 0 Å². The molecule has 0 amide bonds. The van der Waals surface area contributed by atoms with Crippen molar-refractivity contribution < 1.29 is 60.3 Å². The summed E-state index contributed by atoms with van der Waals surface area (Å²) >= 11 is 0. The van der Waals surface area contributed by atoms with Crippen molar-refractivity contribution >= 4 is 0 Å². The molecule has 303 valence electrons. The van der Waals surface area contributed by atoms with E-state index in [0.29, 0.717) is 0 Å². The molecule has 0 spiro atoms. The van der Waals surface area contributed by atoms with Crippen LogP contribution in [0.1, 0.15) is 16.7 Å². The number of nitrogens with zero attached hydrogens (tertiary/aromatic N) is 3. The molecule has 0 fully saturated rings. The van der Waals surface area contributed by atoms with Crippen LogP contribution in [0.4, 0.5) is 0 Å². The van der Waals surface area contributed by atoms with Gasteiger partial charge in [0.15, 0.2) is 0 Å². The maximum Gasteiger partial charge on any atom is 0.0190 e. The van der Waals surface area contributed by atoms with Gasteiger partial charge in [-0.3, -0.25) is 0 Å². The fraction of sp³-hybridized carbons (Fsp3) is 0.0556. The van der Waals surface area contributed by atoms with Crippen molar-refractivity contribution in [3.8, 4) is 67.2 Å². The first-order valence-electron chi connectivity index (χ1n) is 19.0. The second-order valence-corrected chi connectivity index (χ2v) is 13.7. The average Bonchev–Trinajstić information content (AvgIpc) is 3.29. The van der Waals surface area contributed by atoms with E-state index in [1.54, 1.807) is 0 Å². The Morgan fingerprint density at radius 1 is 0.300 bits per heavy atom. The Labute approximate surface area is 395 Å². The molecule has 0 N–H and O–H groups in total. The van der Waals surface area contributed by atoms with E-state index in [0.717, 1.165) is 33.8 Å². The van der Waals surface area contributed by atoms with Crippen LogP contribution in [0.25, 0.3) is 67.2 Å². The smallest absolute Gasteiger partial charge is 0.0190 e. The number of aromatic nitrogens is 3. The molecule has 0 atom stereocenters. The maximum absolute atomic E-state index is 4.45. The van der Waals surface area contributed by atoms with E-state index in [-0.39, 0.29) is 60.3 Å². The molecule has 0 aliphatic rings. The summed E-state index contributed by atoms with van der Waals surface area (Å²) in [5, 5.41) is 0. The molecule has 0 unspecified atom stereocenters. The normalized spacial score (nSPS) is 9.85. The van der Waals surface area contributed by atoms with Crippen molar-refractivity contribution in [1.82, 2.24) is 15.0 Å². The van der Waals surface area contributed by atoms with Crippen LogP contribution in [0.3, 0.4) is 0 Å². The van der Waals surface area contributed by atoms with Crippen molar-refractivity contribution in [2.24, 2.45) is 0 Å². The third kappa shape index (κ3) is 13.4. The largest absolute Gasteiger partial charge is 0.304 e. The first-order chi connectivity index (χ1) is 28.0. The Morgan fingerprint density at radius 3 is 0.800 bits per heavy atom. The average molecular weight is 1310 g/mol. The van der Waals surface area contributed by atoms with Gasteiger partial charge in [0.1, 0.15) is 0 Å². The van der Waals surface area contributed by atoms with Crippen molar-refractivity contribution in [3.63, 3.8) is 0 Å². The fourth-order valence-corrected chi connectivity index (χ4v) is 6.16. The molecule has 3 aromatic heterocycles. The van der Waals surface area contributed by atoms with Crippen molar-refractivity contribution in [1.29, 1.82) is 0 Å². The summed E-state index contributed by atoms with van der Waals surface area (Å²) < 4.78 is 0. The van der Waals surface area contributed by atoms with E-state index in [1.165, 1.54) is 50.1 Å². The van der Waals surface area contributed by atoms with E-state index >= 15 is 0 Å². The van der Waals surface area contributed by atoms with Crippen molar-refractivity contribution in [2.75, 3.05) is 0 Å². The molecule has 3 heterocycles. The van der Waals surface area contributed by atoms with Crippen LogP contribution >= 0.6 is 0 Å². The number of aryl methyl sites for hydroxylation is 3. The Morgan fingerprint density at radius 2 is 0.567 bits per heavy atom. The van der Waals surface area contributed by atoms with Crippen molar-refractivity contribution in [2.45, 2.75) is 20.8 Å². The monoisotopic (exact) mass is 1310 g/mol. The van der Waals surface area contributed by atoms with E-state index in [4.69, 9.17) is 0 Å². The summed E-state index contributed by atoms with van der Waals surface area (Å²) in [5.41, 5.74) is 16.7. The van der Waals surface area contributed by atoms with Gasteiger partial charge in [-0.1, -0.05) is 127 Å². The van der Waals surface area contributed by atoms with Crippen molar-refractivity contribution in [3.05, 3.63) is 235 Å². The van der Waals surface area contributed by atoms with Gasteiger partial charge in [0.05, 0.1) is 0 Å². The number of benzene rings is 6. The first-order valence-corrected chi connectivity index (χ1v) is 19.0. The van der Waals surface area contributed by atoms with Gasteiger partial charge in [0.2, 0.25) is 0 Å². The number of pyridine rings is 3. The maximum atomic E-state index is 4.45. The summed E-state index contributed by atoms with van der Waals surface area (Å²) in [5.74, 6) is 0. The molecule has 6 aromatic carbocycles. The molecular weight excluding hydrogens is 1270 g/mol. The summed E-state index contributed by atoms with van der Waals surface area (Å²) in [6, 6.07) is 71.7. The van der Waals surface area contributed by atoms with E-state index in [2.05, 4.69) is 161 Å². The Balaban J connectivity index is 0.000000194. The zero-order chi connectivity index (χ0) is 39.2. The fourth-order valence-electron chi connectivity index (χ4n) is 6.16. The van der Waals surface area contributed by atoms with Crippen LogP contribution in [0.5, 0.6) is 0 Å². The minimum Gasteiger partial charge on any atom is -0.304 e. The predicted octanol–water partition coefficient (Wildman–Crippen LogP) is 13.6. The van der Waals surface area contributed by atoms with Crippen LogP contribution in [-0.4, -0.2) is 15.0 Å². The van der Waals surface area contributed by atoms with Crippen LogP contribution in [0.2, 0.25) is 0 Å². The third-order valence-electron chi connectivity index (χ3n) is 9.29. The third-order valence-corrected chi connectivity index (χ3v) is 9.29. The van der Waals surface area contributed by atoms with Crippen LogP contribution in [0, 0.1) is 39.0 Å². The SMILES string of the molecule is Cc1ccc(-c2[c-]ccc(-c3ccccc3)c2)nc1.Cc1ccc(-c2[c-]ccc(-c3ccccc3)c2)nc1.Cc1ccc(-c2[c-]ccc(-c3ccccc3)c2)nc1.[Ir].[Ir].[Ir]. The zero-order valence-electron chi connectivity index (χ0n) is 33.4. The topological polar surface area (TPSA) is 38.7 Å². The number of hydrogen-bond acceptors (Lipinski definition) is 3. The van der Waals surface area contributed by atoms with Gasteiger partial charge in [0, 0.05) is 78.9 Å². The van der Waals surface area contributed by atoms with Crippen LogP contribution < -0.4 is 0 Å². The van der Waals surface area contributed by atoms with Gasteiger partial charge in [-0.05, 0) is 71.2 Å². The zero-order valence-corrected chi connectivity index (χ0v) is 40.6. The van der Waals surface area contributed by atoms with Crippen LogP contribution in [-0.2, 0) is 60.3 Å². The summed E-state index contributed by atoms with van der Waals surface area (Å²) in [4.78, 5) is 13.4. The molecule has 0 aliphatic carbocycles. The Kier molecular flexibility index (Phi) is 19.0. The molecule has 9 aromatic rings. The summed E-state index contributed by atoms with van der Waals surface area (Å²) in [6.07, 6.45) is 5.66. The molecule has 60 heavy (non-hydrogen) atoms. The predicted molar refractivity (Wildman–Crippen MR) is 236 cm³/mol. The molecule has 9 rings (SSSR count). The molecule has 0 bridgehead atoms. The standard InChI is InChI=1S/3C18H14N.3Ir/c3*1-14-10-11-18(19-13-14)17-9-5-8-16(12-17)15-6-3-2-4-7-15;;;/h3*2-8,10-13H,1H3;;;/q3*-1;;;. The van der Waals surface area contributed by atoms with Crippen LogP contribution in [0.15, 0.2) is 201 Å². The van der Waals surface area contributed by atoms with Gasteiger partial charge in [-0.2, -0.15) is 0 Å². The van der Waals surface area contributed by atoms with Gasteiger partial charge >= 0.3 is 0 Å². The molecule has 0 saturated carbocycles. The van der Waals surface area contributed by atoms with E-state index < -0.39 is 0 Å². The molecule has 3 nitrogen and oxygen atoms in total. The second-order valence-electron chi connectivity index (χ2n) is 13.7. The second kappa shape index (κ2) is 24.1. The molecule has 0 aliphatic heterocycles. The molecule has 0 saturated heterocycles. The Bertz CT molecular complexity index is 2320. The first kappa shape index (κ1) is 47.4. The van der Waals surface area contributed by atoms with Gasteiger partial charge in [-0.25, -0.2) is 0 Å². The van der Waals surface area contributed by atoms with E-state index in [9.17, 15) is 0 Å². The Hall–Kier alpha value is -5.28. The molecule has 3 radical (unpaired) electrons. The van der Waals surface area contributed by atoms with Gasteiger partial charge in [-0.15, -0.1) is 106 Å². The van der Waals surface area contributed by atoms with Gasteiger partial charge < -0.3 is 15.0 Å². The molecular formula is C54H42Ir3N3-3. The summed E-state index contributed by atoms with van der Waals surface area (Å²) in [6.45, 7) is 6.13. The minimum absolute atomic E-state index is 0. The minimum atomic E-state index is 0. The van der Waals surface area contributed by atoms with E-state index in [1.807, 2.05) is 94.0 Å². The quantitative estimate of drug-likeness (QED) is 0.156. The number of rotatable bonds is 6. The number of hydrogen-bond donors (Lipinski definition) is 0. The summed E-state index contributed by atoms with van der Waals surface area (Å²) in [7, 11) is 0.